The molecule has 0 bridgehead atoms. The molecule has 0 aliphatic carbocycles. The molecular weight excluding hydrogens is 220 g/mol. The highest BCUT2D eigenvalue weighted by Crippen LogP contribution is 2.16. The third-order valence-electron chi connectivity index (χ3n) is 3.68. The number of nitrogens with one attached hydrogen (secondary N) is 1. The fraction of sp³-hybridized carbons (Fsp3) is 0.625. The molecule has 0 saturated heterocycles. The van der Waals surface area contributed by atoms with E-state index in [0.717, 1.165) is 13.0 Å². The van der Waals surface area contributed by atoms with Gasteiger partial charge in [0.25, 0.3) is 0 Å². The van der Waals surface area contributed by atoms with Gasteiger partial charge in [-0.1, -0.05) is 31.5 Å². The Kier molecular flexibility index (Phi) is 5.83. The lowest BCUT2D eigenvalue weighted by Gasteiger charge is -2.21. The summed E-state index contributed by atoms with van der Waals surface area (Å²) >= 11 is 0. The van der Waals surface area contributed by atoms with Gasteiger partial charge in [0.15, 0.2) is 0 Å². The largest absolute Gasteiger partial charge is 0.329 e. The van der Waals surface area contributed by atoms with Crippen LogP contribution in [0.2, 0.25) is 0 Å². The first-order valence-electron chi connectivity index (χ1n) is 6.96. The standard InChI is InChI=1S/C16H28N2/c1-11(2)16(10-17)18-7-6-15-13(4)8-12(3)9-14(15)5/h8-9,11,16,18H,6-7,10,17H2,1-5H3. The molecule has 1 rings (SSSR count). The van der Waals surface area contributed by atoms with Crippen molar-refractivity contribution in [2.24, 2.45) is 11.7 Å². The topological polar surface area (TPSA) is 38.0 Å². The summed E-state index contributed by atoms with van der Waals surface area (Å²) in [5.41, 5.74) is 11.4. The molecular formula is C16H28N2. The second-order valence-electron chi connectivity index (χ2n) is 5.67. The Morgan fingerprint density at radius 1 is 1.11 bits per heavy atom. The maximum atomic E-state index is 5.77. The van der Waals surface area contributed by atoms with Crippen molar-refractivity contribution in [1.82, 2.24) is 5.32 Å². The van der Waals surface area contributed by atoms with Crippen molar-refractivity contribution in [3.63, 3.8) is 0 Å². The predicted octanol–water partition coefficient (Wildman–Crippen LogP) is 2.73. The third kappa shape index (κ3) is 4.11. The molecule has 1 aromatic rings. The lowest BCUT2D eigenvalue weighted by atomic mass is 9.97. The first-order valence-corrected chi connectivity index (χ1v) is 6.96. The van der Waals surface area contributed by atoms with Crippen molar-refractivity contribution in [2.45, 2.75) is 47.1 Å². The van der Waals surface area contributed by atoms with Crippen molar-refractivity contribution >= 4 is 0 Å². The summed E-state index contributed by atoms with van der Waals surface area (Å²) in [7, 11) is 0. The van der Waals surface area contributed by atoms with Crippen molar-refractivity contribution in [2.75, 3.05) is 13.1 Å². The maximum Gasteiger partial charge on any atom is 0.0213 e. The van der Waals surface area contributed by atoms with Crippen molar-refractivity contribution in [3.8, 4) is 0 Å². The van der Waals surface area contributed by atoms with Crippen LogP contribution in [0.5, 0.6) is 0 Å². The Morgan fingerprint density at radius 3 is 2.11 bits per heavy atom. The quantitative estimate of drug-likeness (QED) is 0.812. The monoisotopic (exact) mass is 248 g/mol. The van der Waals surface area contributed by atoms with E-state index in [-0.39, 0.29) is 0 Å². The SMILES string of the molecule is Cc1cc(C)c(CCNC(CN)C(C)C)c(C)c1. The molecule has 0 heterocycles. The van der Waals surface area contributed by atoms with Crippen molar-refractivity contribution < 1.29 is 0 Å². The van der Waals surface area contributed by atoms with Crippen LogP contribution >= 0.6 is 0 Å². The molecule has 2 nitrogen and oxygen atoms in total. The van der Waals surface area contributed by atoms with E-state index in [1.807, 2.05) is 0 Å². The highest BCUT2D eigenvalue weighted by molar-refractivity contribution is 5.37. The minimum atomic E-state index is 0.427. The highest BCUT2D eigenvalue weighted by atomic mass is 14.9. The number of rotatable bonds is 6. The van der Waals surface area contributed by atoms with Gasteiger partial charge in [0, 0.05) is 12.6 Å². The second kappa shape index (κ2) is 6.91. The van der Waals surface area contributed by atoms with E-state index in [4.69, 9.17) is 5.73 Å². The number of nitrogens with two attached hydrogens (primary N) is 1. The Bertz CT molecular complexity index is 360. The zero-order valence-corrected chi connectivity index (χ0v) is 12.5. The Balaban J connectivity index is 2.59. The van der Waals surface area contributed by atoms with Gasteiger partial charge >= 0.3 is 0 Å². The molecule has 0 aliphatic heterocycles. The molecule has 0 spiro atoms. The Hall–Kier alpha value is -0.860. The normalized spacial score (nSPS) is 13.1. The van der Waals surface area contributed by atoms with Gasteiger partial charge in [0.1, 0.15) is 0 Å². The molecule has 0 aliphatic rings. The fourth-order valence-corrected chi connectivity index (χ4v) is 2.58. The van der Waals surface area contributed by atoms with Gasteiger partial charge in [0.05, 0.1) is 0 Å². The fourth-order valence-electron chi connectivity index (χ4n) is 2.58. The van der Waals surface area contributed by atoms with E-state index in [0.29, 0.717) is 18.5 Å². The molecule has 0 saturated carbocycles. The summed E-state index contributed by atoms with van der Waals surface area (Å²) in [6.07, 6.45) is 1.08. The number of hydrogen-bond donors (Lipinski definition) is 2. The first kappa shape index (κ1) is 15.2. The summed E-state index contributed by atoms with van der Waals surface area (Å²) in [5.74, 6) is 0.593. The van der Waals surface area contributed by atoms with E-state index < -0.39 is 0 Å². The molecule has 1 unspecified atom stereocenters. The molecule has 0 radical (unpaired) electrons. The van der Waals surface area contributed by atoms with Gasteiger partial charge in [0.2, 0.25) is 0 Å². The first-order chi connectivity index (χ1) is 8.45. The minimum absolute atomic E-state index is 0.427. The summed E-state index contributed by atoms with van der Waals surface area (Å²) in [6.45, 7) is 12.7. The van der Waals surface area contributed by atoms with Crippen LogP contribution in [0, 0.1) is 26.7 Å². The Morgan fingerprint density at radius 2 is 1.67 bits per heavy atom. The zero-order valence-electron chi connectivity index (χ0n) is 12.5. The van der Waals surface area contributed by atoms with Gasteiger partial charge in [-0.25, -0.2) is 0 Å². The summed E-state index contributed by atoms with van der Waals surface area (Å²) in [4.78, 5) is 0. The second-order valence-corrected chi connectivity index (χ2v) is 5.67. The molecule has 0 fully saturated rings. The van der Waals surface area contributed by atoms with Crippen molar-refractivity contribution in [3.05, 3.63) is 34.4 Å². The van der Waals surface area contributed by atoms with E-state index >= 15 is 0 Å². The number of hydrogen-bond acceptors (Lipinski definition) is 2. The van der Waals surface area contributed by atoms with Gasteiger partial charge in [-0.2, -0.15) is 0 Å². The van der Waals surface area contributed by atoms with Crippen LogP contribution in [-0.4, -0.2) is 19.1 Å². The molecule has 0 aromatic heterocycles. The predicted molar refractivity (Wildman–Crippen MR) is 80.0 cm³/mol. The maximum absolute atomic E-state index is 5.77. The highest BCUT2D eigenvalue weighted by Gasteiger charge is 2.10. The minimum Gasteiger partial charge on any atom is -0.329 e. The van der Waals surface area contributed by atoms with Crippen LogP contribution in [0.25, 0.3) is 0 Å². The molecule has 2 heteroatoms. The lowest BCUT2D eigenvalue weighted by Crippen LogP contribution is -2.41. The van der Waals surface area contributed by atoms with Gasteiger partial charge in [-0.05, 0) is 56.3 Å². The van der Waals surface area contributed by atoms with Crippen LogP contribution < -0.4 is 11.1 Å². The van der Waals surface area contributed by atoms with Crippen LogP contribution in [0.15, 0.2) is 12.1 Å². The summed E-state index contributed by atoms with van der Waals surface area (Å²) in [6, 6.07) is 4.96. The van der Waals surface area contributed by atoms with Crippen LogP contribution in [0.4, 0.5) is 0 Å². The lowest BCUT2D eigenvalue weighted by molar-refractivity contribution is 0.408. The number of aryl methyl sites for hydroxylation is 3. The van der Waals surface area contributed by atoms with E-state index in [9.17, 15) is 0 Å². The van der Waals surface area contributed by atoms with Gasteiger partial charge in [-0.3, -0.25) is 0 Å². The van der Waals surface area contributed by atoms with Crippen LogP contribution in [0.3, 0.4) is 0 Å². The molecule has 102 valence electrons. The van der Waals surface area contributed by atoms with E-state index in [1.165, 1.54) is 22.3 Å². The third-order valence-corrected chi connectivity index (χ3v) is 3.68. The van der Waals surface area contributed by atoms with Gasteiger partial charge in [-0.15, -0.1) is 0 Å². The molecule has 1 aromatic carbocycles. The van der Waals surface area contributed by atoms with Crippen molar-refractivity contribution in [1.29, 1.82) is 0 Å². The molecule has 18 heavy (non-hydrogen) atoms. The Labute approximate surface area is 112 Å². The molecule has 3 N–H and O–H groups in total. The average Bonchev–Trinajstić information content (AvgIpc) is 2.26. The summed E-state index contributed by atoms with van der Waals surface area (Å²) in [5, 5.41) is 3.56. The van der Waals surface area contributed by atoms with Crippen LogP contribution in [-0.2, 0) is 6.42 Å². The number of benzene rings is 1. The van der Waals surface area contributed by atoms with Gasteiger partial charge < -0.3 is 11.1 Å². The molecule has 0 amide bonds. The smallest absolute Gasteiger partial charge is 0.0213 e. The average molecular weight is 248 g/mol. The molecule has 1 atom stereocenters. The van der Waals surface area contributed by atoms with E-state index in [2.05, 4.69) is 52.1 Å². The van der Waals surface area contributed by atoms with Crippen LogP contribution in [0.1, 0.15) is 36.1 Å². The van der Waals surface area contributed by atoms with E-state index in [1.54, 1.807) is 0 Å². The summed E-state index contributed by atoms with van der Waals surface area (Å²) < 4.78 is 0. The zero-order chi connectivity index (χ0) is 13.7.